The molecule has 1 aliphatic carbocycles. The molecule has 1 aliphatic rings. The highest BCUT2D eigenvalue weighted by molar-refractivity contribution is 7.98. The molecular weight excluding hydrogens is 382 g/mol. The molecule has 3 aromatic rings. The van der Waals surface area contributed by atoms with E-state index in [1.54, 1.807) is 11.8 Å². The van der Waals surface area contributed by atoms with Crippen LogP contribution in [0.4, 0.5) is 0 Å². The minimum atomic E-state index is -0.0553. The van der Waals surface area contributed by atoms with Gasteiger partial charge in [0.2, 0.25) is 0 Å². The van der Waals surface area contributed by atoms with Crippen molar-refractivity contribution in [2.24, 2.45) is 0 Å². The first-order valence-electron chi connectivity index (χ1n) is 10.4. The van der Waals surface area contributed by atoms with Gasteiger partial charge in [0.25, 0.3) is 5.91 Å². The molecule has 0 bridgehead atoms. The number of nitrogens with zero attached hydrogens (tertiary/aromatic N) is 3. The zero-order chi connectivity index (χ0) is 20.4. The maximum Gasteiger partial charge on any atom is 0.267 e. The van der Waals surface area contributed by atoms with Crippen molar-refractivity contribution in [1.82, 2.24) is 25.1 Å². The first-order valence-corrected chi connectivity index (χ1v) is 11.6. The number of H-pyrrole nitrogens is 1. The Kier molecular flexibility index (Phi) is 5.94. The van der Waals surface area contributed by atoms with E-state index < -0.39 is 0 Å². The molecule has 0 radical (unpaired) electrons. The summed E-state index contributed by atoms with van der Waals surface area (Å²) in [6, 6.07) is 6.70. The second-order valence-corrected chi connectivity index (χ2v) is 8.77. The number of fused-ring (bicyclic) bond motifs is 1. The van der Waals surface area contributed by atoms with Crippen LogP contribution in [0.25, 0.3) is 10.9 Å². The number of thioether (sulfide) groups is 1. The van der Waals surface area contributed by atoms with E-state index in [-0.39, 0.29) is 5.91 Å². The number of benzene rings is 1. The van der Waals surface area contributed by atoms with Crippen molar-refractivity contribution < 1.29 is 4.79 Å². The molecule has 154 valence electrons. The van der Waals surface area contributed by atoms with Crippen molar-refractivity contribution >= 4 is 28.6 Å². The number of carbonyl (C=O) groups excluding carboxylic acids is 1. The monoisotopic (exact) mass is 411 g/mol. The molecule has 1 saturated carbocycles. The van der Waals surface area contributed by atoms with Crippen molar-refractivity contribution in [3.8, 4) is 0 Å². The van der Waals surface area contributed by atoms with E-state index in [1.807, 2.05) is 6.07 Å². The van der Waals surface area contributed by atoms with E-state index in [0.717, 1.165) is 34.7 Å². The van der Waals surface area contributed by atoms with Crippen molar-refractivity contribution in [3.63, 3.8) is 0 Å². The normalized spacial score (nSPS) is 14.7. The number of aryl methyl sites for hydroxylation is 3. The topological polar surface area (TPSA) is 75.6 Å². The summed E-state index contributed by atoms with van der Waals surface area (Å²) in [5, 5.41) is 14.0. The Morgan fingerprint density at radius 1 is 1.24 bits per heavy atom. The summed E-state index contributed by atoms with van der Waals surface area (Å²) in [5.74, 6) is 0.993. The Balaban J connectivity index is 1.36. The molecule has 1 amide bonds. The average Bonchev–Trinajstić information content (AvgIpc) is 3.43. The lowest BCUT2D eigenvalue weighted by Crippen LogP contribution is -2.25. The Bertz CT molecular complexity index is 1020. The lowest BCUT2D eigenvalue weighted by Gasteiger charge is -2.16. The number of amides is 1. The lowest BCUT2D eigenvalue weighted by atomic mass is 10.1. The van der Waals surface area contributed by atoms with E-state index in [2.05, 4.69) is 57.3 Å². The van der Waals surface area contributed by atoms with Crippen LogP contribution in [0.1, 0.15) is 65.6 Å². The number of carbonyl (C=O) groups is 1. The Morgan fingerprint density at radius 3 is 2.79 bits per heavy atom. The maximum atomic E-state index is 12.6. The fourth-order valence-electron chi connectivity index (χ4n) is 4.41. The van der Waals surface area contributed by atoms with Crippen LogP contribution in [0.3, 0.4) is 0 Å². The van der Waals surface area contributed by atoms with Crippen LogP contribution in [-0.4, -0.2) is 38.5 Å². The van der Waals surface area contributed by atoms with Gasteiger partial charge in [0, 0.05) is 29.9 Å². The molecule has 7 heteroatoms. The highest BCUT2D eigenvalue weighted by atomic mass is 32.2. The third-order valence-electron chi connectivity index (χ3n) is 5.80. The molecule has 0 saturated heterocycles. The van der Waals surface area contributed by atoms with Gasteiger partial charge in [-0.05, 0) is 62.6 Å². The Morgan fingerprint density at radius 2 is 2.03 bits per heavy atom. The molecule has 2 N–H and O–H groups in total. The van der Waals surface area contributed by atoms with Gasteiger partial charge >= 0.3 is 0 Å². The van der Waals surface area contributed by atoms with Crippen LogP contribution in [-0.2, 0) is 6.42 Å². The summed E-state index contributed by atoms with van der Waals surface area (Å²) < 4.78 is 2.34. The zero-order valence-corrected chi connectivity index (χ0v) is 18.2. The molecular formula is C22H29N5OS. The lowest BCUT2D eigenvalue weighted by molar-refractivity contribution is 0.0949. The molecule has 4 rings (SSSR count). The first-order chi connectivity index (χ1) is 14.1. The van der Waals surface area contributed by atoms with Crippen LogP contribution in [0.5, 0.6) is 0 Å². The molecule has 1 aromatic carbocycles. The molecule has 0 atom stereocenters. The van der Waals surface area contributed by atoms with Gasteiger partial charge in [0.15, 0.2) is 5.16 Å². The average molecular weight is 412 g/mol. The van der Waals surface area contributed by atoms with Crippen molar-refractivity contribution in [2.75, 3.05) is 12.8 Å². The summed E-state index contributed by atoms with van der Waals surface area (Å²) in [5.41, 5.74) is 4.01. The first kappa shape index (κ1) is 20.0. The van der Waals surface area contributed by atoms with E-state index in [4.69, 9.17) is 0 Å². The van der Waals surface area contributed by atoms with Gasteiger partial charge in [-0.2, -0.15) is 0 Å². The zero-order valence-electron chi connectivity index (χ0n) is 17.4. The van der Waals surface area contributed by atoms with Crippen LogP contribution in [0.2, 0.25) is 0 Å². The van der Waals surface area contributed by atoms with Crippen LogP contribution >= 0.6 is 11.8 Å². The number of hydrogen-bond acceptors (Lipinski definition) is 4. The third kappa shape index (κ3) is 4.20. The Labute approximate surface area is 175 Å². The fourth-order valence-corrected chi connectivity index (χ4v) is 4.99. The molecule has 29 heavy (non-hydrogen) atoms. The SMILES string of the molecule is CSc1nnc(CCCNC(=O)c2cc3c(C)cc(C)cc3[nH]2)n1C1CCCC1. The van der Waals surface area contributed by atoms with Crippen LogP contribution < -0.4 is 5.32 Å². The fraction of sp³-hybridized carbons (Fsp3) is 0.500. The van der Waals surface area contributed by atoms with Gasteiger partial charge in [-0.1, -0.05) is 30.7 Å². The van der Waals surface area contributed by atoms with Gasteiger partial charge in [0.05, 0.1) is 0 Å². The second kappa shape index (κ2) is 8.61. The third-order valence-corrected chi connectivity index (χ3v) is 6.45. The minimum Gasteiger partial charge on any atom is -0.351 e. The van der Waals surface area contributed by atoms with Gasteiger partial charge < -0.3 is 14.9 Å². The standard InChI is InChI=1S/C22H29N5OS/c1-14-11-15(2)17-13-19(24-18(17)12-14)21(28)23-10-6-9-20-25-26-22(29-3)27(20)16-7-4-5-8-16/h11-13,16,24H,4-10H2,1-3H3,(H,23,28). The van der Waals surface area contributed by atoms with Gasteiger partial charge in [-0.25, -0.2) is 0 Å². The van der Waals surface area contributed by atoms with Gasteiger partial charge in [-0.3, -0.25) is 4.79 Å². The molecule has 0 unspecified atom stereocenters. The Hall–Kier alpha value is -2.28. The van der Waals surface area contributed by atoms with E-state index in [0.29, 0.717) is 18.3 Å². The van der Waals surface area contributed by atoms with Crippen molar-refractivity contribution in [3.05, 3.63) is 40.8 Å². The molecule has 0 aliphatic heterocycles. The number of aromatic amines is 1. The largest absolute Gasteiger partial charge is 0.351 e. The highest BCUT2D eigenvalue weighted by Crippen LogP contribution is 2.33. The quantitative estimate of drug-likeness (QED) is 0.441. The maximum absolute atomic E-state index is 12.6. The summed E-state index contributed by atoms with van der Waals surface area (Å²) in [7, 11) is 0. The molecule has 0 spiro atoms. The number of hydrogen-bond donors (Lipinski definition) is 2. The highest BCUT2D eigenvalue weighted by Gasteiger charge is 2.23. The summed E-state index contributed by atoms with van der Waals surface area (Å²) >= 11 is 1.66. The van der Waals surface area contributed by atoms with Crippen molar-refractivity contribution in [1.29, 1.82) is 0 Å². The molecule has 6 nitrogen and oxygen atoms in total. The van der Waals surface area contributed by atoms with Gasteiger partial charge in [0.1, 0.15) is 11.5 Å². The molecule has 2 heterocycles. The summed E-state index contributed by atoms with van der Waals surface area (Å²) in [4.78, 5) is 15.8. The van der Waals surface area contributed by atoms with Crippen LogP contribution in [0, 0.1) is 13.8 Å². The smallest absolute Gasteiger partial charge is 0.267 e. The minimum absolute atomic E-state index is 0.0553. The summed E-state index contributed by atoms with van der Waals surface area (Å²) in [6.07, 6.45) is 8.75. The van der Waals surface area contributed by atoms with Gasteiger partial charge in [-0.15, -0.1) is 10.2 Å². The van der Waals surface area contributed by atoms with Crippen LogP contribution in [0.15, 0.2) is 23.4 Å². The number of rotatable bonds is 7. The molecule has 1 fully saturated rings. The predicted octanol–water partition coefficient (Wildman–Crippen LogP) is 4.58. The van der Waals surface area contributed by atoms with E-state index in [9.17, 15) is 4.79 Å². The van der Waals surface area contributed by atoms with E-state index >= 15 is 0 Å². The van der Waals surface area contributed by atoms with Crippen molar-refractivity contribution in [2.45, 2.75) is 63.6 Å². The number of aromatic nitrogens is 4. The predicted molar refractivity (Wildman–Crippen MR) is 118 cm³/mol. The van der Waals surface area contributed by atoms with E-state index in [1.165, 1.54) is 36.8 Å². The molecule has 2 aromatic heterocycles. The number of nitrogens with one attached hydrogen (secondary N) is 2. The second-order valence-electron chi connectivity index (χ2n) is 8.00. The summed E-state index contributed by atoms with van der Waals surface area (Å²) in [6.45, 7) is 4.77.